The summed E-state index contributed by atoms with van der Waals surface area (Å²) in [6.07, 6.45) is 0. The zero-order valence-electron chi connectivity index (χ0n) is 36.8. The lowest BCUT2D eigenvalue weighted by atomic mass is 10.2. The van der Waals surface area contributed by atoms with Gasteiger partial charge in [-0.25, -0.2) is 0 Å². The smallest absolute Gasteiger partial charge is 0.0594 e. The molecule has 0 spiro atoms. The second-order valence-corrected chi connectivity index (χ2v) is 16.9. The van der Waals surface area contributed by atoms with Crippen LogP contribution in [-0.4, -0.2) is 220 Å². The predicted octanol–water partition coefficient (Wildman–Crippen LogP) is 4.12. The summed E-state index contributed by atoms with van der Waals surface area (Å²) < 4.78 is 5.21. The second-order valence-electron chi connectivity index (χ2n) is 16.9. The van der Waals surface area contributed by atoms with Crippen molar-refractivity contribution in [3.63, 3.8) is 0 Å². The summed E-state index contributed by atoms with van der Waals surface area (Å²) in [5, 5.41) is 3.33. The van der Waals surface area contributed by atoms with Gasteiger partial charge in [0.15, 0.2) is 0 Å². The van der Waals surface area contributed by atoms with E-state index in [0.717, 1.165) is 69.6 Å². The van der Waals surface area contributed by atoms with Crippen LogP contribution in [0.15, 0.2) is 0 Å². The standard InChI is InChI=1S/C10H22N2.C9H20N2.C8H18N2.C7H16N2.C7H15NO/c1-9(2)11-5-7-12(8-6-11)10(3)4;1-4-10-5-7-11(8-6-10)9(2)3;1-8(2)10-6-4-9(3)5-7-10;1-7(2)9-5-3-8-4-6-9;1-7(2)8-3-5-9-6-4-8/h9-10H,5-8H2,1-4H3;9H,4-8H2,1-3H3;8H,4-7H2,1-3H3;7-8H,3-6H2,1-2H3;7H,3-6H2,1-2H3. The highest BCUT2D eigenvalue weighted by molar-refractivity contribution is 4.76. The molecule has 0 aromatic carbocycles. The Morgan fingerprint density at radius 2 is 0.667 bits per heavy atom. The van der Waals surface area contributed by atoms with Gasteiger partial charge in [-0.1, -0.05) is 6.92 Å². The first kappa shape index (κ1) is 48.6. The van der Waals surface area contributed by atoms with Crippen LogP contribution in [0.5, 0.6) is 0 Å². The van der Waals surface area contributed by atoms with Crippen molar-refractivity contribution >= 4 is 0 Å². The summed E-state index contributed by atoms with van der Waals surface area (Å²) in [5.74, 6) is 0. The van der Waals surface area contributed by atoms with Crippen molar-refractivity contribution in [2.24, 2.45) is 0 Å². The quantitative estimate of drug-likeness (QED) is 0.415. The molecule has 0 radical (unpaired) electrons. The number of rotatable bonds is 7. The van der Waals surface area contributed by atoms with Gasteiger partial charge in [0, 0.05) is 154 Å². The van der Waals surface area contributed by atoms with Crippen molar-refractivity contribution in [3.8, 4) is 0 Å². The zero-order chi connectivity index (χ0) is 38.3. The van der Waals surface area contributed by atoms with Gasteiger partial charge in [-0.2, -0.15) is 0 Å². The molecule has 5 heterocycles. The highest BCUT2D eigenvalue weighted by Gasteiger charge is 2.20. The fourth-order valence-electron chi connectivity index (χ4n) is 7.00. The van der Waals surface area contributed by atoms with Crippen LogP contribution in [0.3, 0.4) is 0 Å². The summed E-state index contributed by atoms with van der Waals surface area (Å²) in [4.78, 5) is 20.0. The molecule has 0 aliphatic carbocycles. The van der Waals surface area contributed by atoms with Gasteiger partial charge in [0.05, 0.1) is 13.2 Å². The molecule has 10 nitrogen and oxygen atoms in total. The number of nitrogens with zero attached hydrogens (tertiary/aromatic N) is 8. The maximum atomic E-state index is 5.21. The predicted molar refractivity (Wildman–Crippen MR) is 224 cm³/mol. The Morgan fingerprint density at radius 1 is 0.392 bits per heavy atom. The van der Waals surface area contributed by atoms with Gasteiger partial charge < -0.3 is 19.9 Å². The summed E-state index contributed by atoms with van der Waals surface area (Å²) in [6.45, 7) is 54.4. The molecular weight excluding hydrogens is 635 g/mol. The molecule has 0 aromatic rings. The maximum Gasteiger partial charge on any atom is 0.0594 e. The number of morpholine rings is 1. The van der Waals surface area contributed by atoms with E-state index in [1.165, 1.54) is 98.2 Å². The fourth-order valence-corrected chi connectivity index (χ4v) is 7.00. The fraction of sp³-hybridized carbons (Fsp3) is 1.00. The van der Waals surface area contributed by atoms with Crippen molar-refractivity contribution in [2.45, 2.75) is 126 Å². The third-order valence-corrected chi connectivity index (χ3v) is 11.3. The molecule has 5 fully saturated rings. The Balaban J connectivity index is 0.000000320. The van der Waals surface area contributed by atoms with Crippen molar-refractivity contribution in [2.75, 3.05) is 145 Å². The number of piperazine rings is 4. The van der Waals surface area contributed by atoms with Crippen LogP contribution in [0.25, 0.3) is 0 Å². The molecular formula is C41H91N9O. The monoisotopic (exact) mass is 726 g/mol. The molecule has 5 aliphatic rings. The van der Waals surface area contributed by atoms with E-state index in [1.807, 2.05) is 0 Å². The van der Waals surface area contributed by atoms with Crippen LogP contribution < -0.4 is 5.32 Å². The number of hydrogen-bond donors (Lipinski definition) is 1. The van der Waals surface area contributed by atoms with E-state index in [1.54, 1.807) is 0 Å². The Hall–Kier alpha value is -0.400. The number of ether oxygens (including phenoxy) is 1. The van der Waals surface area contributed by atoms with E-state index in [-0.39, 0.29) is 0 Å². The molecule has 0 bridgehead atoms. The lowest BCUT2D eigenvalue weighted by molar-refractivity contribution is 0.0238. The Morgan fingerprint density at radius 3 is 0.941 bits per heavy atom. The molecule has 5 saturated heterocycles. The van der Waals surface area contributed by atoms with Gasteiger partial charge in [0.1, 0.15) is 0 Å². The van der Waals surface area contributed by atoms with E-state index in [0.29, 0.717) is 6.04 Å². The largest absolute Gasteiger partial charge is 0.379 e. The van der Waals surface area contributed by atoms with Crippen LogP contribution in [-0.2, 0) is 4.74 Å². The van der Waals surface area contributed by atoms with Crippen LogP contribution >= 0.6 is 0 Å². The summed E-state index contributed by atoms with van der Waals surface area (Å²) in [5.41, 5.74) is 0. The molecule has 0 unspecified atom stereocenters. The van der Waals surface area contributed by atoms with E-state index in [4.69, 9.17) is 4.74 Å². The van der Waals surface area contributed by atoms with Crippen molar-refractivity contribution < 1.29 is 4.74 Å². The minimum atomic E-state index is 0.689. The Kier molecular flexibility index (Phi) is 26.8. The third kappa shape index (κ3) is 21.9. The minimum absolute atomic E-state index is 0.689. The molecule has 0 saturated carbocycles. The van der Waals surface area contributed by atoms with Crippen molar-refractivity contribution in [1.29, 1.82) is 0 Å². The van der Waals surface area contributed by atoms with Gasteiger partial charge in [-0.3, -0.25) is 29.4 Å². The van der Waals surface area contributed by atoms with Gasteiger partial charge in [0.25, 0.3) is 0 Å². The molecule has 0 atom stereocenters. The zero-order valence-corrected chi connectivity index (χ0v) is 36.8. The molecule has 0 aromatic heterocycles. The Labute approximate surface area is 319 Å². The normalized spacial score (nSPS) is 23.1. The first-order valence-corrected chi connectivity index (χ1v) is 21.3. The van der Waals surface area contributed by atoms with Crippen molar-refractivity contribution in [3.05, 3.63) is 0 Å². The average Bonchev–Trinajstić information content (AvgIpc) is 3.13. The lowest BCUT2D eigenvalue weighted by Crippen LogP contribution is -2.50. The molecule has 51 heavy (non-hydrogen) atoms. The molecule has 1 N–H and O–H groups in total. The summed E-state index contributed by atoms with van der Waals surface area (Å²) >= 11 is 0. The van der Waals surface area contributed by atoms with E-state index >= 15 is 0 Å². The molecule has 306 valence electrons. The highest BCUT2D eigenvalue weighted by Crippen LogP contribution is 2.08. The minimum Gasteiger partial charge on any atom is -0.379 e. The van der Waals surface area contributed by atoms with Gasteiger partial charge >= 0.3 is 0 Å². The average molecular weight is 726 g/mol. The van der Waals surface area contributed by atoms with Crippen LogP contribution in [0.4, 0.5) is 0 Å². The van der Waals surface area contributed by atoms with E-state index in [2.05, 4.69) is 142 Å². The summed E-state index contributed by atoms with van der Waals surface area (Å²) in [7, 11) is 2.19. The van der Waals surface area contributed by atoms with Crippen LogP contribution in [0.1, 0.15) is 90.0 Å². The SMILES string of the molecule is CC(C)N1CCN(C(C)C)CC1.CC(C)N1CCN(C)CC1.CC(C)N1CCNCC1.CC(C)N1CCOCC1.CCN1CCN(C(C)C)CC1. The van der Waals surface area contributed by atoms with E-state index in [9.17, 15) is 0 Å². The van der Waals surface area contributed by atoms with E-state index < -0.39 is 0 Å². The molecule has 5 rings (SSSR count). The lowest BCUT2D eigenvalue weighted by Gasteiger charge is -2.38. The van der Waals surface area contributed by atoms with Crippen LogP contribution in [0.2, 0.25) is 0 Å². The van der Waals surface area contributed by atoms with Gasteiger partial charge in [0.2, 0.25) is 0 Å². The van der Waals surface area contributed by atoms with Gasteiger partial charge in [-0.05, 0) is 96.7 Å². The molecule has 5 aliphatic heterocycles. The van der Waals surface area contributed by atoms with Crippen LogP contribution in [0, 0.1) is 0 Å². The van der Waals surface area contributed by atoms with Gasteiger partial charge in [-0.15, -0.1) is 0 Å². The highest BCUT2D eigenvalue weighted by atomic mass is 16.5. The first-order valence-electron chi connectivity index (χ1n) is 21.3. The molecule has 0 amide bonds. The number of hydrogen-bond acceptors (Lipinski definition) is 10. The van der Waals surface area contributed by atoms with Crippen molar-refractivity contribution in [1.82, 2.24) is 44.5 Å². The molecule has 10 heteroatoms. The Bertz CT molecular complexity index is 738. The first-order chi connectivity index (χ1) is 24.2. The topological polar surface area (TPSA) is 47.2 Å². The number of likely N-dealkylation sites (N-methyl/N-ethyl adjacent to an activating group) is 2. The number of nitrogens with one attached hydrogen (secondary N) is 1. The summed E-state index contributed by atoms with van der Waals surface area (Å²) in [6, 6.07) is 4.32. The third-order valence-electron chi connectivity index (χ3n) is 11.3. The maximum absolute atomic E-state index is 5.21. The second kappa shape index (κ2) is 28.1.